The molecule has 0 rings (SSSR count). The molecule has 3 nitrogen and oxygen atoms in total. The topological polar surface area (TPSA) is 54.4 Å². The minimum atomic E-state index is -3.77. The van der Waals surface area contributed by atoms with E-state index in [0.717, 1.165) is 19.3 Å². The summed E-state index contributed by atoms with van der Waals surface area (Å²) in [5.74, 6) is 0.405. The molecule has 0 aliphatic carbocycles. The zero-order chi connectivity index (χ0) is 11.9. The molecule has 0 saturated carbocycles. The fourth-order valence-electron chi connectivity index (χ4n) is 1.42. The highest BCUT2D eigenvalue weighted by molar-refractivity contribution is 7.85. The van der Waals surface area contributed by atoms with Gasteiger partial charge in [0.2, 0.25) is 0 Å². The van der Waals surface area contributed by atoms with Gasteiger partial charge in [-0.05, 0) is 45.4 Å². The molecular weight excluding hydrogens is 212 g/mol. The van der Waals surface area contributed by atoms with E-state index in [2.05, 4.69) is 26.8 Å². The van der Waals surface area contributed by atoms with Crippen LogP contribution >= 0.6 is 0 Å². The van der Waals surface area contributed by atoms with Gasteiger partial charge in [-0.25, -0.2) is 0 Å². The van der Waals surface area contributed by atoms with Gasteiger partial charge in [-0.2, -0.15) is 8.42 Å². The van der Waals surface area contributed by atoms with Crippen LogP contribution in [0, 0.1) is 5.92 Å². The van der Waals surface area contributed by atoms with Crippen molar-refractivity contribution >= 4 is 10.1 Å². The van der Waals surface area contributed by atoms with Crippen molar-refractivity contribution < 1.29 is 13.0 Å². The van der Waals surface area contributed by atoms with Gasteiger partial charge < -0.3 is 0 Å². The molecule has 1 atom stereocenters. The lowest BCUT2D eigenvalue weighted by Gasteiger charge is -2.08. The third-order valence-electron chi connectivity index (χ3n) is 2.31. The van der Waals surface area contributed by atoms with Crippen molar-refractivity contribution in [3.8, 4) is 0 Å². The van der Waals surface area contributed by atoms with Gasteiger partial charge in [0.25, 0.3) is 10.1 Å². The molecule has 0 aliphatic rings. The molecule has 0 fully saturated rings. The molecule has 1 N–H and O–H groups in total. The first-order chi connectivity index (χ1) is 6.81. The molecule has 0 radical (unpaired) electrons. The summed E-state index contributed by atoms with van der Waals surface area (Å²) < 4.78 is 29.5. The lowest BCUT2D eigenvalue weighted by Crippen LogP contribution is -2.05. The highest BCUT2D eigenvalue weighted by atomic mass is 32.2. The quantitative estimate of drug-likeness (QED) is 0.544. The molecule has 0 amide bonds. The van der Waals surface area contributed by atoms with E-state index >= 15 is 0 Å². The third-order valence-corrected chi connectivity index (χ3v) is 3.12. The summed E-state index contributed by atoms with van der Waals surface area (Å²) in [7, 11) is -3.77. The third kappa shape index (κ3) is 11.6. The Morgan fingerprint density at radius 3 is 2.40 bits per heavy atom. The Morgan fingerprint density at radius 2 is 1.93 bits per heavy atom. The Labute approximate surface area is 93.3 Å². The fourth-order valence-corrected chi connectivity index (χ4v) is 1.95. The van der Waals surface area contributed by atoms with E-state index < -0.39 is 10.1 Å². The Bertz CT molecular complexity index is 287. The predicted octanol–water partition coefficient (Wildman–Crippen LogP) is 3.04. The van der Waals surface area contributed by atoms with Crippen molar-refractivity contribution in [1.82, 2.24) is 0 Å². The summed E-state index contributed by atoms with van der Waals surface area (Å²) >= 11 is 0. The van der Waals surface area contributed by atoms with Crippen LogP contribution in [0.2, 0.25) is 0 Å². The minimum Gasteiger partial charge on any atom is -0.286 e. The first-order valence-electron chi connectivity index (χ1n) is 5.40. The normalized spacial score (nSPS) is 13.6. The van der Waals surface area contributed by atoms with Crippen LogP contribution in [-0.2, 0) is 10.1 Å². The lowest BCUT2D eigenvalue weighted by molar-refractivity contribution is 0.462. The highest BCUT2D eigenvalue weighted by Crippen LogP contribution is 2.14. The lowest BCUT2D eigenvalue weighted by atomic mass is 10.00. The minimum absolute atomic E-state index is 0.111. The summed E-state index contributed by atoms with van der Waals surface area (Å²) in [5, 5.41) is 0. The Morgan fingerprint density at radius 1 is 1.33 bits per heavy atom. The molecule has 0 heterocycles. The second-order valence-electron chi connectivity index (χ2n) is 4.39. The standard InChI is InChI=1S/C11H22O3S/c1-10(2)6-4-7-11(3)8-5-9-15(12,13)14/h6,11H,4-5,7-9H2,1-3H3,(H,12,13,14)/t11-/m0/s1. The van der Waals surface area contributed by atoms with E-state index in [0.29, 0.717) is 12.3 Å². The molecule has 0 unspecified atom stereocenters. The van der Waals surface area contributed by atoms with E-state index in [1.807, 2.05) is 0 Å². The van der Waals surface area contributed by atoms with Crippen molar-refractivity contribution in [2.45, 2.75) is 46.5 Å². The second-order valence-corrected chi connectivity index (χ2v) is 5.96. The smallest absolute Gasteiger partial charge is 0.264 e. The highest BCUT2D eigenvalue weighted by Gasteiger charge is 2.06. The molecule has 0 aromatic heterocycles. The van der Waals surface area contributed by atoms with Crippen LogP contribution in [0.15, 0.2) is 11.6 Å². The number of hydrogen-bond acceptors (Lipinski definition) is 2. The zero-order valence-corrected chi connectivity index (χ0v) is 10.7. The van der Waals surface area contributed by atoms with Crippen LogP contribution in [0.25, 0.3) is 0 Å². The van der Waals surface area contributed by atoms with Crippen molar-refractivity contribution in [3.05, 3.63) is 11.6 Å². The first-order valence-corrected chi connectivity index (χ1v) is 7.00. The van der Waals surface area contributed by atoms with Gasteiger partial charge in [0.1, 0.15) is 0 Å². The van der Waals surface area contributed by atoms with E-state index in [1.165, 1.54) is 5.57 Å². The number of rotatable bonds is 7. The van der Waals surface area contributed by atoms with Crippen LogP contribution in [0.4, 0.5) is 0 Å². The summed E-state index contributed by atoms with van der Waals surface area (Å²) in [4.78, 5) is 0. The Hall–Kier alpha value is -0.350. The largest absolute Gasteiger partial charge is 0.286 e. The van der Waals surface area contributed by atoms with Crippen LogP contribution in [0.5, 0.6) is 0 Å². The molecule has 0 aromatic carbocycles. The van der Waals surface area contributed by atoms with E-state index in [-0.39, 0.29) is 5.75 Å². The zero-order valence-electron chi connectivity index (χ0n) is 9.86. The molecule has 4 heteroatoms. The van der Waals surface area contributed by atoms with E-state index in [9.17, 15) is 8.42 Å². The van der Waals surface area contributed by atoms with Gasteiger partial charge in [0.05, 0.1) is 5.75 Å². The SMILES string of the molecule is CC(C)=CCC[C@H](C)CCCS(=O)(=O)O. The van der Waals surface area contributed by atoms with Crippen LogP contribution in [0.3, 0.4) is 0 Å². The predicted molar refractivity (Wildman–Crippen MR) is 63.5 cm³/mol. The molecular formula is C11H22O3S. The molecule has 0 spiro atoms. The van der Waals surface area contributed by atoms with Gasteiger partial charge in [-0.3, -0.25) is 4.55 Å². The fraction of sp³-hybridized carbons (Fsp3) is 0.818. The second kappa shape index (κ2) is 7.01. The van der Waals surface area contributed by atoms with Crippen molar-refractivity contribution in [2.75, 3.05) is 5.75 Å². The molecule has 0 saturated heterocycles. The van der Waals surface area contributed by atoms with Gasteiger partial charge in [0.15, 0.2) is 0 Å². The average molecular weight is 234 g/mol. The van der Waals surface area contributed by atoms with Crippen LogP contribution < -0.4 is 0 Å². The number of allylic oxidation sites excluding steroid dienone is 2. The maximum absolute atomic E-state index is 10.5. The molecule has 0 aromatic rings. The summed E-state index contributed by atoms with van der Waals surface area (Å²) in [6.07, 6.45) is 5.73. The average Bonchev–Trinajstić information content (AvgIpc) is 2.00. The Balaban J connectivity index is 3.58. The maximum Gasteiger partial charge on any atom is 0.264 e. The van der Waals surface area contributed by atoms with Gasteiger partial charge in [-0.15, -0.1) is 0 Å². The van der Waals surface area contributed by atoms with Crippen molar-refractivity contribution in [2.24, 2.45) is 5.92 Å². The first kappa shape index (κ1) is 14.6. The van der Waals surface area contributed by atoms with Gasteiger partial charge in [-0.1, -0.05) is 18.6 Å². The molecule has 0 aliphatic heterocycles. The number of hydrogen-bond donors (Lipinski definition) is 1. The van der Waals surface area contributed by atoms with Crippen molar-refractivity contribution in [3.63, 3.8) is 0 Å². The van der Waals surface area contributed by atoms with Crippen LogP contribution in [-0.4, -0.2) is 18.7 Å². The van der Waals surface area contributed by atoms with E-state index in [1.54, 1.807) is 0 Å². The maximum atomic E-state index is 10.5. The van der Waals surface area contributed by atoms with Gasteiger partial charge >= 0.3 is 0 Å². The summed E-state index contributed by atoms with van der Waals surface area (Å²) in [6, 6.07) is 0. The molecule has 0 bridgehead atoms. The van der Waals surface area contributed by atoms with Crippen LogP contribution in [0.1, 0.15) is 46.5 Å². The van der Waals surface area contributed by atoms with Gasteiger partial charge in [0, 0.05) is 0 Å². The monoisotopic (exact) mass is 234 g/mol. The van der Waals surface area contributed by atoms with Crippen molar-refractivity contribution in [1.29, 1.82) is 0 Å². The Kier molecular flexibility index (Phi) is 6.85. The molecule has 15 heavy (non-hydrogen) atoms. The summed E-state index contributed by atoms with van der Waals surface area (Å²) in [6.45, 7) is 6.26. The molecule has 90 valence electrons. The summed E-state index contributed by atoms with van der Waals surface area (Å²) in [5.41, 5.74) is 1.32. The van der Waals surface area contributed by atoms with E-state index in [4.69, 9.17) is 4.55 Å².